The first-order valence-electron chi connectivity index (χ1n) is 9.65. The number of likely N-dealkylation sites (tertiary alicyclic amines) is 1. The standard InChI is InChI=1S/C20H25N5O2/c1-2-15-6-5-7-16(12-15)21-20(27)24-10-11-25-17(14-24)13-18(22-25)19(26)23-8-3-4-9-23/h5-7,12-13H,2-4,8-11,14H2,1H3,(H,21,27). The van der Waals surface area contributed by atoms with E-state index in [0.29, 0.717) is 25.3 Å². The lowest BCUT2D eigenvalue weighted by Crippen LogP contribution is -2.40. The number of hydrogen-bond acceptors (Lipinski definition) is 3. The molecule has 0 atom stereocenters. The normalized spacial score (nSPS) is 16.3. The van der Waals surface area contributed by atoms with E-state index in [9.17, 15) is 9.59 Å². The highest BCUT2D eigenvalue weighted by atomic mass is 16.2. The topological polar surface area (TPSA) is 70.5 Å². The fourth-order valence-corrected chi connectivity index (χ4v) is 3.70. The highest BCUT2D eigenvalue weighted by molar-refractivity contribution is 5.93. The fourth-order valence-electron chi connectivity index (χ4n) is 3.70. The summed E-state index contributed by atoms with van der Waals surface area (Å²) in [6.07, 6.45) is 3.05. The van der Waals surface area contributed by atoms with Gasteiger partial charge in [0.2, 0.25) is 0 Å². The molecular formula is C20H25N5O2. The molecule has 0 aliphatic carbocycles. The van der Waals surface area contributed by atoms with Crippen LogP contribution < -0.4 is 5.32 Å². The van der Waals surface area contributed by atoms with Crippen LogP contribution in [0.5, 0.6) is 0 Å². The maximum absolute atomic E-state index is 12.6. The monoisotopic (exact) mass is 367 g/mol. The Bertz CT molecular complexity index is 854. The molecule has 3 heterocycles. The fraction of sp³-hybridized carbons (Fsp3) is 0.450. The molecule has 4 rings (SSSR count). The number of carbonyl (C=O) groups excluding carboxylic acids is 2. The third kappa shape index (κ3) is 3.67. The molecule has 0 radical (unpaired) electrons. The van der Waals surface area contributed by atoms with Crippen LogP contribution in [-0.4, -0.2) is 51.2 Å². The zero-order valence-electron chi connectivity index (χ0n) is 15.6. The molecule has 2 aliphatic heterocycles. The van der Waals surface area contributed by atoms with Crippen LogP contribution in [0.15, 0.2) is 30.3 Å². The van der Waals surface area contributed by atoms with E-state index in [4.69, 9.17) is 0 Å². The van der Waals surface area contributed by atoms with Crippen LogP contribution >= 0.6 is 0 Å². The van der Waals surface area contributed by atoms with Crippen molar-refractivity contribution in [2.24, 2.45) is 0 Å². The lowest BCUT2D eigenvalue weighted by atomic mass is 10.1. The van der Waals surface area contributed by atoms with Gasteiger partial charge >= 0.3 is 6.03 Å². The quantitative estimate of drug-likeness (QED) is 0.907. The van der Waals surface area contributed by atoms with Crippen molar-refractivity contribution in [3.05, 3.63) is 47.3 Å². The number of aryl methyl sites for hydroxylation is 1. The minimum Gasteiger partial charge on any atom is -0.337 e. The maximum atomic E-state index is 12.6. The van der Waals surface area contributed by atoms with Gasteiger partial charge in [0.15, 0.2) is 5.69 Å². The number of nitrogens with one attached hydrogen (secondary N) is 1. The lowest BCUT2D eigenvalue weighted by Gasteiger charge is -2.27. The number of rotatable bonds is 3. The summed E-state index contributed by atoms with van der Waals surface area (Å²) in [5.74, 6) is 0.00165. The highest BCUT2D eigenvalue weighted by Crippen LogP contribution is 2.19. The van der Waals surface area contributed by atoms with Gasteiger partial charge in [0.05, 0.1) is 18.8 Å². The van der Waals surface area contributed by atoms with E-state index >= 15 is 0 Å². The number of nitrogens with zero attached hydrogens (tertiary/aromatic N) is 4. The molecule has 7 heteroatoms. The Kier molecular flexibility index (Phi) is 4.83. The summed E-state index contributed by atoms with van der Waals surface area (Å²) < 4.78 is 1.85. The van der Waals surface area contributed by atoms with Gasteiger partial charge in [-0.25, -0.2) is 4.79 Å². The summed E-state index contributed by atoms with van der Waals surface area (Å²) in [7, 11) is 0. The van der Waals surface area contributed by atoms with Crippen molar-refractivity contribution in [2.75, 3.05) is 25.0 Å². The maximum Gasteiger partial charge on any atom is 0.322 e. The van der Waals surface area contributed by atoms with Gasteiger partial charge in [-0.1, -0.05) is 19.1 Å². The van der Waals surface area contributed by atoms with E-state index in [-0.39, 0.29) is 11.9 Å². The van der Waals surface area contributed by atoms with E-state index in [1.54, 1.807) is 4.90 Å². The lowest BCUT2D eigenvalue weighted by molar-refractivity contribution is 0.0786. The molecule has 0 bridgehead atoms. The van der Waals surface area contributed by atoms with E-state index in [1.165, 1.54) is 5.56 Å². The number of carbonyl (C=O) groups is 2. The molecule has 0 saturated carbocycles. The van der Waals surface area contributed by atoms with Crippen molar-refractivity contribution in [3.8, 4) is 0 Å². The summed E-state index contributed by atoms with van der Waals surface area (Å²) in [4.78, 5) is 28.8. The zero-order valence-corrected chi connectivity index (χ0v) is 15.6. The van der Waals surface area contributed by atoms with Crippen LogP contribution in [0.25, 0.3) is 0 Å². The van der Waals surface area contributed by atoms with Crippen molar-refractivity contribution in [2.45, 2.75) is 39.3 Å². The summed E-state index contributed by atoms with van der Waals surface area (Å²) in [6.45, 7) is 5.35. The van der Waals surface area contributed by atoms with Crippen LogP contribution in [0.4, 0.5) is 10.5 Å². The summed E-state index contributed by atoms with van der Waals surface area (Å²) in [5.41, 5.74) is 3.39. The molecule has 27 heavy (non-hydrogen) atoms. The van der Waals surface area contributed by atoms with E-state index < -0.39 is 0 Å². The summed E-state index contributed by atoms with van der Waals surface area (Å²) >= 11 is 0. The largest absolute Gasteiger partial charge is 0.337 e. The second-order valence-corrected chi connectivity index (χ2v) is 7.15. The number of amides is 3. The van der Waals surface area contributed by atoms with E-state index in [0.717, 1.165) is 43.7 Å². The van der Waals surface area contributed by atoms with Crippen molar-refractivity contribution < 1.29 is 9.59 Å². The van der Waals surface area contributed by atoms with Crippen LogP contribution in [0.2, 0.25) is 0 Å². The number of benzene rings is 1. The van der Waals surface area contributed by atoms with Gasteiger partial charge in [0.25, 0.3) is 5.91 Å². The highest BCUT2D eigenvalue weighted by Gasteiger charge is 2.27. The molecule has 1 N–H and O–H groups in total. The molecule has 2 aliphatic rings. The van der Waals surface area contributed by atoms with E-state index in [2.05, 4.69) is 17.3 Å². The van der Waals surface area contributed by atoms with Gasteiger partial charge < -0.3 is 15.1 Å². The molecule has 1 saturated heterocycles. The van der Waals surface area contributed by atoms with Gasteiger partial charge in [-0.2, -0.15) is 5.10 Å². The smallest absolute Gasteiger partial charge is 0.322 e. The third-order valence-corrected chi connectivity index (χ3v) is 5.28. The molecule has 3 amide bonds. The van der Waals surface area contributed by atoms with Crippen LogP contribution in [0.1, 0.15) is 41.5 Å². The molecule has 7 nitrogen and oxygen atoms in total. The molecular weight excluding hydrogens is 342 g/mol. The van der Waals surface area contributed by atoms with Gasteiger partial charge in [-0.3, -0.25) is 9.48 Å². The van der Waals surface area contributed by atoms with Gasteiger partial charge in [0.1, 0.15) is 0 Å². The van der Waals surface area contributed by atoms with Crippen molar-refractivity contribution in [1.82, 2.24) is 19.6 Å². The Morgan fingerprint density at radius 3 is 2.67 bits per heavy atom. The summed E-state index contributed by atoms with van der Waals surface area (Å²) in [6, 6.07) is 9.61. The predicted molar refractivity (Wildman–Crippen MR) is 103 cm³/mol. The molecule has 1 aromatic heterocycles. The zero-order chi connectivity index (χ0) is 18.8. The Morgan fingerprint density at radius 1 is 1.07 bits per heavy atom. The predicted octanol–water partition coefficient (Wildman–Crippen LogP) is 2.73. The first-order valence-corrected chi connectivity index (χ1v) is 9.65. The molecule has 0 spiro atoms. The SMILES string of the molecule is CCc1cccc(NC(=O)N2CCn3nc(C(=O)N4CCCC4)cc3C2)c1. The van der Waals surface area contributed by atoms with Gasteiger partial charge in [0, 0.05) is 25.3 Å². The molecule has 0 unspecified atom stereocenters. The Hall–Kier alpha value is -2.83. The van der Waals surface area contributed by atoms with Crippen molar-refractivity contribution in [1.29, 1.82) is 0 Å². The second kappa shape index (κ2) is 7.42. The minimum atomic E-state index is -0.122. The molecule has 142 valence electrons. The second-order valence-electron chi connectivity index (χ2n) is 7.15. The molecule has 2 aromatic rings. The third-order valence-electron chi connectivity index (χ3n) is 5.28. The average molecular weight is 367 g/mol. The van der Waals surface area contributed by atoms with Gasteiger partial charge in [-0.15, -0.1) is 0 Å². The first kappa shape index (κ1) is 17.6. The number of aromatic nitrogens is 2. The molecule has 1 fully saturated rings. The minimum absolute atomic E-state index is 0.00165. The Labute approximate surface area is 158 Å². The van der Waals surface area contributed by atoms with Crippen LogP contribution in [0.3, 0.4) is 0 Å². The number of fused-ring (bicyclic) bond motifs is 1. The number of urea groups is 1. The summed E-state index contributed by atoms with van der Waals surface area (Å²) in [5, 5.41) is 7.44. The number of hydrogen-bond donors (Lipinski definition) is 1. The Balaban J connectivity index is 1.43. The first-order chi connectivity index (χ1) is 13.1. The van der Waals surface area contributed by atoms with E-state index in [1.807, 2.05) is 39.9 Å². The van der Waals surface area contributed by atoms with Crippen molar-refractivity contribution in [3.63, 3.8) is 0 Å². The Morgan fingerprint density at radius 2 is 1.89 bits per heavy atom. The molecule has 1 aromatic carbocycles. The van der Waals surface area contributed by atoms with Crippen LogP contribution in [0, 0.1) is 0 Å². The van der Waals surface area contributed by atoms with Crippen molar-refractivity contribution >= 4 is 17.6 Å². The average Bonchev–Trinajstić information content (AvgIpc) is 3.36. The number of anilines is 1. The van der Waals surface area contributed by atoms with Crippen LogP contribution in [-0.2, 0) is 19.5 Å². The van der Waals surface area contributed by atoms with Gasteiger partial charge in [-0.05, 0) is 43.0 Å².